The molecule has 4 aromatic rings. The third kappa shape index (κ3) is 5.70. The number of carbonyl (C=O) groups excluding carboxylic acids is 2. The molecular formula is C31H29ClFN5O5. The number of rotatable bonds is 7. The summed E-state index contributed by atoms with van der Waals surface area (Å²) in [5.74, 6) is -0.840. The molecule has 2 aliphatic rings. The van der Waals surface area contributed by atoms with E-state index >= 15 is 0 Å². The van der Waals surface area contributed by atoms with Gasteiger partial charge in [-0.3, -0.25) is 4.79 Å². The van der Waals surface area contributed by atoms with Gasteiger partial charge in [-0.05, 0) is 54.6 Å². The van der Waals surface area contributed by atoms with Gasteiger partial charge in [-0.25, -0.2) is 13.9 Å². The zero-order valence-corrected chi connectivity index (χ0v) is 24.1. The van der Waals surface area contributed by atoms with Gasteiger partial charge in [-0.2, -0.15) is 15.1 Å². The van der Waals surface area contributed by atoms with Crippen LogP contribution in [-0.4, -0.2) is 57.0 Å². The number of halogens is 2. The minimum Gasteiger partial charge on any atom is -0.459 e. The van der Waals surface area contributed by atoms with E-state index in [4.69, 9.17) is 25.8 Å². The molecule has 2 fully saturated rings. The predicted molar refractivity (Wildman–Crippen MR) is 156 cm³/mol. The number of esters is 2. The Hall–Kier alpha value is -4.35. The van der Waals surface area contributed by atoms with Crippen LogP contribution in [0, 0.1) is 5.82 Å². The van der Waals surface area contributed by atoms with Crippen molar-refractivity contribution in [1.29, 1.82) is 0 Å². The monoisotopic (exact) mass is 605 g/mol. The predicted octanol–water partition coefficient (Wildman–Crippen LogP) is 5.59. The number of anilines is 1. The van der Waals surface area contributed by atoms with Crippen LogP contribution in [0.1, 0.15) is 54.4 Å². The molecule has 6 rings (SSSR count). The Morgan fingerprint density at radius 2 is 1.88 bits per heavy atom. The van der Waals surface area contributed by atoms with Crippen LogP contribution in [0.5, 0.6) is 0 Å². The first-order valence-electron chi connectivity index (χ1n) is 14.0. The molecule has 0 N–H and O–H groups in total. The minimum absolute atomic E-state index is 0.0312. The molecule has 0 saturated carbocycles. The van der Waals surface area contributed by atoms with Crippen molar-refractivity contribution in [3.05, 3.63) is 95.2 Å². The maximum atomic E-state index is 14.9. The van der Waals surface area contributed by atoms with E-state index < -0.39 is 30.4 Å². The summed E-state index contributed by atoms with van der Waals surface area (Å²) in [4.78, 5) is 35.7. The van der Waals surface area contributed by atoms with E-state index in [0.717, 1.165) is 19.3 Å². The van der Waals surface area contributed by atoms with Crippen LogP contribution in [0.25, 0.3) is 11.0 Å². The molecule has 0 unspecified atom stereocenters. The molecule has 2 aromatic heterocycles. The summed E-state index contributed by atoms with van der Waals surface area (Å²) < 4.78 is 33.7. The van der Waals surface area contributed by atoms with Crippen molar-refractivity contribution in [3.8, 4) is 0 Å². The summed E-state index contributed by atoms with van der Waals surface area (Å²) in [6, 6.07) is 15.0. The highest BCUT2D eigenvalue weighted by Crippen LogP contribution is 2.41. The molecular weight excluding hydrogens is 577 g/mol. The lowest BCUT2D eigenvalue weighted by Crippen LogP contribution is -2.34. The summed E-state index contributed by atoms with van der Waals surface area (Å²) in [5.41, 5.74) is 1.71. The highest BCUT2D eigenvalue weighted by Gasteiger charge is 2.44. The van der Waals surface area contributed by atoms with Crippen molar-refractivity contribution < 1.29 is 28.2 Å². The molecule has 10 nitrogen and oxygen atoms in total. The first-order chi connectivity index (χ1) is 20.8. The lowest BCUT2D eigenvalue weighted by Gasteiger charge is -2.37. The molecule has 12 heteroatoms. The third-order valence-electron chi connectivity index (χ3n) is 7.70. The molecule has 0 aliphatic carbocycles. The number of carbonyl (C=O) groups is 2. The lowest BCUT2D eigenvalue weighted by molar-refractivity contribution is -0.151. The molecule has 2 saturated heterocycles. The van der Waals surface area contributed by atoms with Crippen LogP contribution in [0.15, 0.2) is 72.9 Å². The van der Waals surface area contributed by atoms with Gasteiger partial charge in [-0.15, -0.1) is 0 Å². The number of benzene rings is 2. The molecule has 2 aromatic carbocycles. The van der Waals surface area contributed by atoms with Gasteiger partial charge >= 0.3 is 11.9 Å². The molecule has 43 heavy (non-hydrogen) atoms. The van der Waals surface area contributed by atoms with Gasteiger partial charge in [0.1, 0.15) is 24.3 Å². The van der Waals surface area contributed by atoms with Gasteiger partial charge in [-0.1, -0.05) is 43.0 Å². The molecule has 0 spiro atoms. The van der Waals surface area contributed by atoms with Crippen LogP contribution in [0.4, 0.5) is 10.2 Å². The van der Waals surface area contributed by atoms with Crippen molar-refractivity contribution in [3.63, 3.8) is 0 Å². The maximum Gasteiger partial charge on any atom is 0.338 e. The summed E-state index contributed by atoms with van der Waals surface area (Å²) in [7, 11) is 0. The van der Waals surface area contributed by atoms with Crippen LogP contribution >= 0.6 is 11.6 Å². The van der Waals surface area contributed by atoms with E-state index in [1.165, 1.54) is 17.7 Å². The van der Waals surface area contributed by atoms with Gasteiger partial charge in [0, 0.05) is 19.0 Å². The van der Waals surface area contributed by atoms with E-state index in [9.17, 15) is 14.0 Å². The zero-order valence-electron chi connectivity index (χ0n) is 23.4. The topological polar surface area (TPSA) is 109 Å². The number of nitrogens with zero attached hydrogens (tertiary/aromatic N) is 5. The van der Waals surface area contributed by atoms with Crippen LogP contribution < -0.4 is 4.90 Å². The summed E-state index contributed by atoms with van der Waals surface area (Å²) >= 11 is 6.46. The summed E-state index contributed by atoms with van der Waals surface area (Å²) in [5, 5.41) is 5.09. The first-order valence-corrected chi connectivity index (χ1v) is 14.3. The fourth-order valence-corrected chi connectivity index (χ4v) is 5.85. The second kappa shape index (κ2) is 12.1. The highest BCUT2D eigenvalue weighted by molar-refractivity contribution is 6.28. The van der Waals surface area contributed by atoms with Gasteiger partial charge in [0.15, 0.2) is 18.0 Å². The lowest BCUT2D eigenvalue weighted by atomic mass is 9.94. The Morgan fingerprint density at radius 3 is 2.65 bits per heavy atom. The molecule has 4 heterocycles. The molecule has 0 radical (unpaired) electrons. The second-order valence-corrected chi connectivity index (χ2v) is 10.8. The summed E-state index contributed by atoms with van der Waals surface area (Å²) in [6.45, 7) is 5.85. The molecule has 2 aliphatic heterocycles. The number of hydrogen-bond donors (Lipinski definition) is 0. The molecule has 222 valence electrons. The van der Waals surface area contributed by atoms with E-state index in [1.54, 1.807) is 48.7 Å². The van der Waals surface area contributed by atoms with Gasteiger partial charge in [0.2, 0.25) is 5.28 Å². The quantitative estimate of drug-likeness (QED) is 0.151. The normalized spacial score (nSPS) is 22.1. The second-order valence-electron chi connectivity index (χ2n) is 10.5. The Kier molecular flexibility index (Phi) is 8.09. The summed E-state index contributed by atoms with van der Waals surface area (Å²) in [6.07, 6.45) is 1.46. The average molecular weight is 606 g/mol. The van der Waals surface area contributed by atoms with Crippen molar-refractivity contribution in [1.82, 2.24) is 19.7 Å². The number of hydrogen-bond acceptors (Lipinski definition) is 9. The Bertz CT molecular complexity index is 1680. The third-order valence-corrected chi connectivity index (χ3v) is 7.87. The molecule has 0 bridgehead atoms. The SMILES string of the molecule is C=C1[C@@H](OC(C)=O)[C@H](n2ncc3c(N4CCCC[C@@H]4c4ccccc4F)nc(Cl)nc32)O[C@@H]1COC(=O)c1ccccc1. The number of piperidine rings is 1. The van der Waals surface area contributed by atoms with E-state index in [-0.39, 0.29) is 23.7 Å². The minimum atomic E-state index is -0.975. The van der Waals surface area contributed by atoms with Crippen LogP contribution in [0.2, 0.25) is 5.28 Å². The average Bonchev–Trinajstić information content (AvgIpc) is 3.56. The van der Waals surface area contributed by atoms with Crippen molar-refractivity contribution in [2.75, 3.05) is 18.1 Å². The largest absolute Gasteiger partial charge is 0.459 e. The Labute approximate surface area is 252 Å². The highest BCUT2D eigenvalue weighted by atomic mass is 35.5. The van der Waals surface area contributed by atoms with Crippen LogP contribution in [0.3, 0.4) is 0 Å². The van der Waals surface area contributed by atoms with E-state index in [0.29, 0.717) is 40.1 Å². The fraction of sp³-hybridized carbons (Fsp3) is 0.323. The molecule has 0 amide bonds. The first kappa shape index (κ1) is 28.8. The van der Waals surface area contributed by atoms with Crippen molar-refractivity contribution in [2.24, 2.45) is 0 Å². The smallest absolute Gasteiger partial charge is 0.338 e. The number of aromatic nitrogens is 4. The molecule has 4 atom stereocenters. The van der Waals surface area contributed by atoms with Crippen molar-refractivity contribution >= 4 is 40.4 Å². The van der Waals surface area contributed by atoms with Crippen LogP contribution in [-0.2, 0) is 19.0 Å². The van der Waals surface area contributed by atoms with E-state index in [2.05, 4.69) is 21.6 Å². The van der Waals surface area contributed by atoms with Crippen molar-refractivity contribution in [2.45, 2.75) is 50.7 Å². The number of fused-ring (bicyclic) bond motifs is 1. The Morgan fingerprint density at radius 1 is 1.12 bits per heavy atom. The van der Waals surface area contributed by atoms with Gasteiger partial charge < -0.3 is 19.1 Å². The van der Waals surface area contributed by atoms with Gasteiger partial charge in [0.05, 0.1) is 23.2 Å². The zero-order chi connectivity index (χ0) is 30.1. The number of ether oxygens (including phenoxy) is 3. The Balaban J connectivity index is 1.33. The van der Waals surface area contributed by atoms with Gasteiger partial charge in [0.25, 0.3) is 0 Å². The maximum absolute atomic E-state index is 14.9. The van der Waals surface area contributed by atoms with E-state index in [1.807, 2.05) is 11.0 Å². The standard InChI is InChI=1S/C31H29ClFN5O5/c1-18-25(17-41-30(40)20-10-4-3-5-11-20)43-29(26(18)42-19(2)39)38-28-22(16-34-38)27(35-31(32)36-28)37-15-9-8-14-24(37)21-12-6-7-13-23(21)33/h3-7,10-13,16,24-26,29H,1,8-9,14-15,17H2,2H3/t24-,25-,26-,29-/m1/s1. The fourth-order valence-electron chi connectivity index (χ4n) is 5.69.